The van der Waals surface area contributed by atoms with Gasteiger partial charge in [0.1, 0.15) is 10.8 Å². The van der Waals surface area contributed by atoms with Crippen LogP contribution in [0.4, 0.5) is 11.4 Å². The van der Waals surface area contributed by atoms with Crippen LogP contribution >= 0.6 is 11.3 Å². The summed E-state index contributed by atoms with van der Waals surface area (Å²) in [5.74, 6) is -0.338. The fraction of sp³-hybridized carbons (Fsp3) is 0.115. The van der Waals surface area contributed by atoms with E-state index in [4.69, 9.17) is 4.74 Å². The first-order valence-electron chi connectivity index (χ1n) is 11.1. The average molecular weight is 537 g/mol. The Morgan fingerprint density at radius 3 is 2.27 bits per heavy atom. The Morgan fingerprint density at radius 2 is 1.65 bits per heavy atom. The Hall–Kier alpha value is -4.22. The van der Waals surface area contributed by atoms with Crippen LogP contribution in [0.2, 0.25) is 0 Å². The summed E-state index contributed by atoms with van der Waals surface area (Å²) >= 11 is 1.30. The second-order valence-electron chi connectivity index (χ2n) is 7.89. The zero-order valence-corrected chi connectivity index (χ0v) is 21.7. The van der Waals surface area contributed by atoms with E-state index in [1.807, 2.05) is 17.5 Å². The molecule has 1 heterocycles. The van der Waals surface area contributed by atoms with E-state index in [1.54, 1.807) is 54.6 Å². The SMILES string of the molecule is COc1ccc(N(Cc2nc(-c3ccc(NC(C)=O)cc3)cs2)S(=O)(=O)NC(=O)c2ccccc2)cc1. The lowest BCUT2D eigenvalue weighted by molar-refractivity contribution is -0.114. The molecule has 4 aromatic rings. The third kappa shape index (κ3) is 6.51. The molecule has 2 N–H and O–H groups in total. The molecule has 9 nitrogen and oxygen atoms in total. The van der Waals surface area contributed by atoms with Gasteiger partial charge >= 0.3 is 10.2 Å². The third-order valence-corrected chi connectivity index (χ3v) is 7.44. The first-order valence-corrected chi connectivity index (χ1v) is 13.4. The first-order chi connectivity index (χ1) is 17.7. The number of amides is 2. The Labute approximate surface area is 218 Å². The molecule has 3 aromatic carbocycles. The van der Waals surface area contributed by atoms with Crippen molar-refractivity contribution >= 4 is 44.7 Å². The van der Waals surface area contributed by atoms with Crippen LogP contribution in [-0.2, 0) is 21.5 Å². The molecule has 0 atom stereocenters. The number of hydrogen-bond donors (Lipinski definition) is 2. The van der Waals surface area contributed by atoms with E-state index in [2.05, 4.69) is 15.0 Å². The molecule has 0 fully saturated rings. The van der Waals surface area contributed by atoms with Crippen molar-refractivity contribution in [2.45, 2.75) is 13.5 Å². The van der Waals surface area contributed by atoms with Crippen LogP contribution < -0.4 is 19.1 Å². The number of carbonyl (C=O) groups is 2. The van der Waals surface area contributed by atoms with Crippen molar-refractivity contribution in [3.05, 3.63) is 94.8 Å². The summed E-state index contributed by atoms with van der Waals surface area (Å²) in [7, 11) is -2.78. The van der Waals surface area contributed by atoms with E-state index in [9.17, 15) is 18.0 Å². The molecule has 37 heavy (non-hydrogen) atoms. The molecule has 0 bridgehead atoms. The number of nitrogens with zero attached hydrogens (tertiary/aromatic N) is 2. The zero-order valence-electron chi connectivity index (χ0n) is 20.0. The number of hydrogen-bond acceptors (Lipinski definition) is 7. The van der Waals surface area contributed by atoms with E-state index in [0.29, 0.717) is 27.8 Å². The number of nitrogens with one attached hydrogen (secondary N) is 2. The van der Waals surface area contributed by atoms with Gasteiger partial charge in [-0.15, -0.1) is 11.3 Å². The number of carbonyl (C=O) groups excluding carboxylic acids is 2. The zero-order chi connectivity index (χ0) is 26.4. The van der Waals surface area contributed by atoms with Crippen LogP contribution in [0.15, 0.2) is 84.2 Å². The molecule has 0 aliphatic heterocycles. The molecule has 2 amide bonds. The van der Waals surface area contributed by atoms with Gasteiger partial charge in [-0.05, 0) is 48.5 Å². The number of rotatable bonds is 9. The van der Waals surface area contributed by atoms with Gasteiger partial charge in [0.25, 0.3) is 5.91 Å². The van der Waals surface area contributed by atoms with Crippen molar-refractivity contribution in [1.29, 1.82) is 0 Å². The maximum atomic E-state index is 13.4. The molecule has 11 heteroatoms. The lowest BCUT2D eigenvalue weighted by Gasteiger charge is -2.23. The van der Waals surface area contributed by atoms with E-state index in [-0.39, 0.29) is 18.0 Å². The van der Waals surface area contributed by atoms with Crippen molar-refractivity contribution in [2.24, 2.45) is 0 Å². The molecule has 0 spiro atoms. The molecule has 0 unspecified atom stereocenters. The molecule has 4 rings (SSSR count). The standard InChI is InChI=1S/C26H24N4O5S2/c1-18(31)27-21-10-8-19(9-11-21)24-17-36-25(28-24)16-30(22-12-14-23(35-2)15-13-22)37(33,34)29-26(32)20-6-4-3-5-7-20/h3-15,17H,16H2,1-2H3,(H,27,31)(H,29,32). The quantitative estimate of drug-likeness (QED) is 0.326. The molecule has 0 radical (unpaired) electrons. The van der Waals surface area contributed by atoms with Gasteiger partial charge in [0.2, 0.25) is 5.91 Å². The minimum Gasteiger partial charge on any atom is -0.497 e. The van der Waals surface area contributed by atoms with Crippen LogP contribution in [0.5, 0.6) is 5.75 Å². The summed E-state index contributed by atoms with van der Waals surface area (Å²) < 4.78 is 35.2. The summed E-state index contributed by atoms with van der Waals surface area (Å²) in [4.78, 5) is 28.5. The highest BCUT2D eigenvalue weighted by atomic mass is 32.2. The van der Waals surface area contributed by atoms with Gasteiger partial charge in [-0.1, -0.05) is 30.3 Å². The summed E-state index contributed by atoms with van der Waals surface area (Å²) in [6.07, 6.45) is 0. The Balaban J connectivity index is 1.60. The molecule has 190 valence electrons. The number of benzene rings is 3. The molecule has 0 saturated heterocycles. The average Bonchev–Trinajstić information content (AvgIpc) is 3.36. The normalized spacial score (nSPS) is 11.0. The minimum atomic E-state index is -4.29. The first kappa shape index (κ1) is 25.9. The Bertz CT molecular complexity index is 1490. The minimum absolute atomic E-state index is 0.0988. The molecule has 1 aromatic heterocycles. The van der Waals surface area contributed by atoms with Crippen LogP contribution in [0, 0.1) is 0 Å². The largest absolute Gasteiger partial charge is 0.497 e. The van der Waals surface area contributed by atoms with Gasteiger partial charge in [-0.3, -0.25) is 9.59 Å². The summed E-state index contributed by atoms with van der Waals surface area (Å²) in [6.45, 7) is 1.34. The highest BCUT2D eigenvalue weighted by Gasteiger charge is 2.27. The smallest absolute Gasteiger partial charge is 0.326 e. The number of anilines is 2. The second-order valence-corrected chi connectivity index (χ2v) is 10.4. The summed E-state index contributed by atoms with van der Waals surface area (Å²) in [5, 5.41) is 5.06. The van der Waals surface area contributed by atoms with Gasteiger partial charge in [0, 0.05) is 29.1 Å². The maximum Gasteiger partial charge on any atom is 0.326 e. The summed E-state index contributed by atoms with van der Waals surface area (Å²) in [6, 6.07) is 21.8. The topological polar surface area (TPSA) is 118 Å². The summed E-state index contributed by atoms with van der Waals surface area (Å²) in [5.41, 5.74) is 2.70. The molecular weight excluding hydrogens is 512 g/mol. The van der Waals surface area contributed by atoms with Crippen LogP contribution in [0.1, 0.15) is 22.3 Å². The van der Waals surface area contributed by atoms with Crippen LogP contribution in [-0.4, -0.2) is 32.3 Å². The number of ether oxygens (including phenoxy) is 1. The fourth-order valence-corrected chi connectivity index (χ4v) is 5.48. The van der Waals surface area contributed by atoms with Gasteiger partial charge < -0.3 is 10.1 Å². The predicted octanol–water partition coefficient (Wildman–Crippen LogP) is 4.46. The van der Waals surface area contributed by atoms with E-state index < -0.39 is 16.1 Å². The van der Waals surface area contributed by atoms with E-state index in [0.717, 1.165) is 9.87 Å². The second kappa shape index (κ2) is 11.2. The van der Waals surface area contributed by atoms with E-state index >= 15 is 0 Å². The monoisotopic (exact) mass is 536 g/mol. The van der Waals surface area contributed by atoms with Crippen molar-refractivity contribution in [3.8, 4) is 17.0 Å². The maximum absolute atomic E-state index is 13.4. The molecular formula is C26H24N4O5S2. The lowest BCUT2D eigenvalue weighted by Crippen LogP contribution is -2.43. The van der Waals surface area contributed by atoms with Gasteiger partial charge in [0.05, 0.1) is 25.0 Å². The highest BCUT2D eigenvalue weighted by Crippen LogP contribution is 2.28. The van der Waals surface area contributed by atoms with Crippen molar-refractivity contribution in [3.63, 3.8) is 0 Å². The van der Waals surface area contributed by atoms with Gasteiger partial charge in [-0.2, -0.15) is 8.42 Å². The van der Waals surface area contributed by atoms with Gasteiger partial charge in [0.15, 0.2) is 0 Å². The number of thiazole rings is 1. The van der Waals surface area contributed by atoms with Crippen LogP contribution in [0.3, 0.4) is 0 Å². The van der Waals surface area contributed by atoms with Gasteiger partial charge in [-0.25, -0.2) is 14.0 Å². The fourth-order valence-electron chi connectivity index (χ4n) is 3.45. The predicted molar refractivity (Wildman–Crippen MR) is 144 cm³/mol. The molecule has 0 aliphatic carbocycles. The Morgan fingerprint density at radius 1 is 0.973 bits per heavy atom. The van der Waals surface area contributed by atoms with Crippen molar-refractivity contribution in [2.75, 3.05) is 16.7 Å². The van der Waals surface area contributed by atoms with E-state index in [1.165, 1.54) is 37.5 Å². The van der Waals surface area contributed by atoms with Crippen molar-refractivity contribution < 1.29 is 22.7 Å². The third-order valence-electron chi connectivity index (χ3n) is 5.24. The highest BCUT2D eigenvalue weighted by molar-refractivity contribution is 7.91. The number of aromatic nitrogens is 1. The molecule has 0 saturated carbocycles. The molecule has 0 aliphatic rings. The lowest BCUT2D eigenvalue weighted by atomic mass is 10.1. The Kier molecular flexibility index (Phi) is 7.85. The number of methoxy groups -OCH3 is 1. The van der Waals surface area contributed by atoms with Crippen molar-refractivity contribution in [1.82, 2.24) is 9.71 Å². The van der Waals surface area contributed by atoms with Crippen LogP contribution in [0.25, 0.3) is 11.3 Å².